The fraction of sp³-hybridized carbons (Fsp3) is 1.00. The molecule has 0 spiro atoms. The first kappa shape index (κ1) is 9.05. The Hall–Kier alpha value is -0.0400. The molecule has 1 heteroatoms. The van der Waals surface area contributed by atoms with Crippen LogP contribution in [0.4, 0.5) is 0 Å². The van der Waals surface area contributed by atoms with Gasteiger partial charge < -0.3 is 5.73 Å². The van der Waals surface area contributed by atoms with E-state index in [9.17, 15) is 0 Å². The summed E-state index contributed by atoms with van der Waals surface area (Å²) >= 11 is 0. The average molecular weight is 155 g/mol. The summed E-state index contributed by atoms with van der Waals surface area (Å²) in [6.07, 6.45) is 6.96. The number of rotatable bonds is 4. The summed E-state index contributed by atoms with van der Waals surface area (Å²) in [6.45, 7) is 5.44. The van der Waals surface area contributed by atoms with Gasteiger partial charge in [-0.25, -0.2) is 0 Å². The summed E-state index contributed by atoms with van der Waals surface area (Å²) in [7, 11) is 0. The molecule has 0 bridgehead atoms. The Morgan fingerprint density at radius 3 is 2.36 bits per heavy atom. The van der Waals surface area contributed by atoms with Gasteiger partial charge in [0.25, 0.3) is 0 Å². The van der Waals surface area contributed by atoms with Crippen LogP contribution >= 0.6 is 0 Å². The van der Waals surface area contributed by atoms with Gasteiger partial charge in [0.15, 0.2) is 0 Å². The SMILES string of the molecule is CCC(C)(CN)CC1CCC1. The Morgan fingerprint density at radius 1 is 1.45 bits per heavy atom. The highest BCUT2D eigenvalue weighted by molar-refractivity contribution is 4.81. The van der Waals surface area contributed by atoms with Crippen LogP contribution in [0.5, 0.6) is 0 Å². The number of nitrogens with two attached hydrogens (primary N) is 1. The quantitative estimate of drug-likeness (QED) is 0.663. The second-order valence-corrected chi connectivity index (χ2v) is 4.37. The topological polar surface area (TPSA) is 26.0 Å². The zero-order valence-electron chi connectivity index (χ0n) is 7.90. The molecular formula is C10H21N. The van der Waals surface area contributed by atoms with Crippen LogP contribution in [0, 0.1) is 11.3 Å². The lowest BCUT2D eigenvalue weighted by atomic mass is 9.71. The van der Waals surface area contributed by atoms with Gasteiger partial charge in [0, 0.05) is 0 Å². The van der Waals surface area contributed by atoms with Gasteiger partial charge in [-0.1, -0.05) is 33.1 Å². The Morgan fingerprint density at radius 2 is 2.09 bits per heavy atom. The van der Waals surface area contributed by atoms with Crippen molar-refractivity contribution in [2.24, 2.45) is 17.1 Å². The van der Waals surface area contributed by atoms with Crippen molar-refractivity contribution in [1.82, 2.24) is 0 Å². The molecule has 2 N–H and O–H groups in total. The first-order valence-corrected chi connectivity index (χ1v) is 4.90. The van der Waals surface area contributed by atoms with Crippen molar-refractivity contribution >= 4 is 0 Å². The summed E-state index contributed by atoms with van der Waals surface area (Å²) in [5.41, 5.74) is 6.18. The molecule has 0 radical (unpaired) electrons. The number of hydrogen-bond donors (Lipinski definition) is 1. The third-order valence-electron chi connectivity index (χ3n) is 3.35. The standard InChI is InChI=1S/C10H21N/c1-3-10(2,8-11)7-9-5-4-6-9/h9H,3-8,11H2,1-2H3. The molecule has 0 aliphatic heterocycles. The van der Waals surface area contributed by atoms with Crippen molar-refractivity contribution in [2.45, 2.75) is 46.0 Å². The van der Waals surface area contributed by atoms with Crippen molar-refractivity contribution in [1.29, 1.82) is 0 Å². The van der Waals surface area contributed by atoms with Gasteiger partial charge in [0.1, 0.15) is 0 Å². The summed E-state index contributed by atoms with van der Waals surface area (Å²) in [5, 5.41) is 0. The molecule has 0 aromatic rings. The molecule has 0 heterocycles. The predicted molar refractivity (Wildman–Crippen MR) is 49.4 cm³/mol. The molecule has 0 aromatic carbocycles. The third-order valence-corrected chi connectivity index (χ3v) is 3.35. The second kappa shape index (κ2) is 3.57. The normalized spacial score (nSPS) is 24.3. The zero-order chi connectivity index (χ0) is 8.32. The second-order valence-electron chi connectivity index (χ2n) is 4.37. The van der Waals surface area contributed by atoms with Crippen molar-refractivity contribution in [3.05, 3.63) is 0 Å². The first-order valence-electron chi connectivity index (χ1n) is 4.90. The van der Waals surface area contributed by atoms with Crippen molar-refractivity contribution < 1.29 is 0 Å². The molecular weight excluding hydrogens is 134 g/mol. The van der Waals surface area contributed by atoms with Gasteiger partial charge in [-0.15, -0.1) is 0 Å². The highest BCUT2D eigenvalue weighted by Crippen LogP contribution is 2.38. The molecule has 1 saturated carbocycles. The van der Waals surface area contributed by atoms with E-state index < -0.39 is 0 Å². The average Bonchev–Trinajstić information content (AvgIpc) is 1.97. The van der Waals surface area contributed by atoms with Gasteiger partial charge in [-0.05, 0) is 30.7 Å². The van der Waals surface area contributed by atoms with Crippen LogP contribution < -0.4 is 5.73 Å². The van der Waals surface area contributed by atoms with Gasteiger partial charge in [-0.2, -0.15) is 0 Å². The molecule has 0 saturated heterocycles. The van der Waals surface area contributed by atoms with E-state index in [1.807, 2.05) is 0 Å². The summed E-state index contributed by atoms with van der Waals surface area (Å²) in [4.78, 5) is 0. The lowest BCUT2D eigenvalue weighted by Gasteiger charge is -2.35. The largest absolute Gasteiger partial charge is 0.330 e. The van der Waals surface area contributed by atoms with E-state index in [4.69, 9.17) is 5.73 Å². The molecule has 1 rings (SSSR count). The van der Waals surface area contributed by atoms with Crippen LogP contribution in [0.3, 0.4) is 0 Å². The minimum absolute atomic E-state index is 0.436. The summed E-state index contributed by atoms with van der Waals surface area (Å²) in [5.74, 6) is 1.00. The van der Waals surface area contributed by atoms with Crippen LogP contribution in [-0.2, 0) is 0 Å². The molecule has 1 aliphatic rings. The molecule has 1 atom stereocenters. The first-order chi connectivity index (χ1) is 5.20. The van der Waals surface area contributed by atoms with Crippen molar-refractivity contribution in [2.75, 3.05) is 6.54 Å². The van der Waals surface area contributed by atoms with Gasteiger partial charge in [-0.3, -0.25) is 0 Å². The van der Waals surface area contributed by atoms with Crippen LogP contribution in [0.25, 0.3) is 0 Å². The maximum atomic E-state index is 5.74. The summed E-state index contributed by atoms with van der Waals surface area (Å²) < 4.78 is 0. The van der Waals surface area contributed by atoms with Gasteiger partial charge >= 0.3 is 0 Å². The molecule has 66 valence electrons. The minimum Gasteiger partial charge on any atom is -0.330 e. The molecule has 1 aliphatic carbocycles. The van der Waals surface area contributed by atoms with E-state index in [1.54, 1.807) is 0 Å². The van der Waals surface area contributed by atoms with E-state index in [2.05, 4.69) is 13.8 Å². The van der Waals surface area contributed by atoms with Crippen LogP contribution in [0.1, 0.15) is 46.0 Å². The molecule has 1 nitrogen and oxygen atoms in total. The van der Waals surface area contributed by atoms with Gasteiger partial charge in [0.2, 0.25) is 0 Å². The monoisotopic (exact) mass is 155 g/mol. The lowest BCUT2D eigenvalue weighted by Crippen LogP contribution is -2.31. The Labute approximate surface area is 70.4 Å². The van der Waals surface area contributed by atoms with E-state index in [-0.39, 0.29) is 0 Å². The maximum Gasteiger partial charge on any atom is -0.00232 e. The highest BCUT2D eigenvalue weighted by Gasteiger charge is 2.28. The summed E-state index contributed by atoms with van der Waals surface area (Å²) in [6, 6.07) is 0. The van der Waals surface area contributed by atoms with Crippen molar-refractivity contribution in [3.63, 3.8) is 0 Å². The van der Waals surface area contributed by atoms with Crippen molar-refractivity contribution in [3.8, 4) is 0 Å². The molecule has 11 heavy (non-hydrogen) atoms. The molecule has 1 fully saturated rings. The zero-order valence-corrected chi connectivity index (χ0v) is 7.90. The maximum absolute atomic E-state index is 5.74. The molecule has 0 amide bonds. The van der Waals surface area contributed by atoms with Crippen LogP contribution in [0.2, 0.25) is 0 Å². The Balaban J connectivity index is 2.29. The highest BCUT2D eigenvalue weighted by atomic mass is 14.6. The lowest BCUT2D eigenvalue weighted by molar-refractivity contribution is 0.176. The van der Waals surface area contributed by atoms with E-state index in [0.29, 0.717) is 5.41 Å². The Bertz CT molecular complexity index is 112. The molecule has 0 aromatic heterocycles. The van der Waals surface area contributed by atoms with Crippen LogP contribution in [-0.4, -0.2) is 6.54 Å². The predicted octanol–water partition coefficient (Wildman–Crippen LogP) is 2.55. The third kappa shape index (κ3) is 2.19. The van der Waals surface area contributed by atoms with E-state index in [0.717, 1.165) is 12.5 Å². The van der Waals surface area contributed by atoms with Gasteiger partial charge in [0.05, 0.1) is 0 Å². The van der Waals surface area contributed by atoms with E-state index in [1.165, 1.54) is 32.1 Å². The fourth-order valence-corrected chi connectivity index (χ4v) is 1.77. The molecule has 1 unspecified atom stereocenters. The van der Waals surface area contributed by atoms with E-state index >= 15 is 0 Å². The van der Waals surface area contributed by atoms with Crippen LogP contribution in [0.15, 0.2) is 0 Å². The minimum atomic E-state index is 0.436. The Kier molecular flexibility index (Phi) is 2.94. The number of hydrogen-bond acceptors (Lipinski definition) is 1. The fourth-order valence-electron chi connectivity index (χ4n) is 1.77. The smallest absolute Gasteiger partial charge is 0.00232 e.